The third-order valence-electron chi connectivity index (χ3n) is 4.12. The summed E-state index contributed by atoms with van der Waals surface area (Å²) in [5, 5.41) is 3.39. The van der Waals surface area contributed by atoms with Crippen LogP contribution in [0.25, 0.3) is 0 Å². The van der Waals surface area contributed by atoms with E-state index in [1.807, 2.05) is 6.20 Å². The Hall–Kier alpha value is -1.16. The van der Waals surface area contributed by atoms with Gasteiger partial charge in [-0.25, -0.2) is 9.97 Å². The zero-order valence-corrected chi connectivity index (χ0v) is 13.5. The van der Waals surface area contributed by atoms with E-state index in [1.165, 1.54) is 12.1 Å². The second-order valence-corrected chi connectivity index (χ2v) is 6.35. The molecule has 2 unspecified atom stereocenters. The zero-order valence-electron chi connectivity index (χ0n) is 13.5. The summed E-state index contributed by atoms with van der Waals surface area (Å²) in [5.74, 6) is 3.04. The van der Waals surface area contributed by atoms with Crippen LogP contribution in [0.15, 0.2) is 6.20 Å². The van der Waals surface area contributed by atoms with Gasteiger partial charge in [0.25, 0.3) is 0 Å². The normalized spacial score (nSPS) is 21.3. The number of nitrogens with one attached hydrogen (secondary N) is 1. The van der Waals surface area contributed by atoms with Gasteiger partial charge in [0.1, 0.15) is 5.82 Å². The van der Waals surface area contributed by atoms with Gasteiger partial charge in [-0.2, -0.15) is 0 Å². The molecule has 0 amide bonds. The molecule has 1 aliphatic rings. The minimum Gasteiger partial charge on any atom is -0.372 e. The van der Waals surface area contributed by atoms with E-state index in [9.17, 15) is 0 Å². The first-order chi connectivity index (χ1) is 9.52. The van der Waals surface area contributed by atoms with Gasteiger partial charge in [0.2, 0.25) is 0 Å². The van der Waals surface area contributed by atoms with Crippen LogP contribution in [0.4, 0.5) is 5.69 Å². The largest absolute Gasteiger partial charge is 0.372 e. The maximum absolute atomic E-state index is 4.76. The fourth-order valence-electron chi connectivity index (χ4n) is 2.50. The SMILES string of the molecule is CCNCc1nc(C(C)C)ncc1N(C)CC1CC1C. The molecular formula is C16H28N4. The molecule has 1 saturated carbocycles. The van der Waals surface area contributed by atoms with Crippen molar-refractivity contribution < 1.29 is 0 Å². The number of nitrogens with zero attached hydrogens (tertiary/aromatic N) is 3. The van der Waals surface area contributed by atoms with Crippen LogP contribution in [-0.4, -0.2) is 30.1 Å². The molecule has 4 heteroatoms. The van der Waals surface area contributed by atoms with Crippen molar-refractivity contribution in [1.82, 2.24) is 15.3 Å². The first-order valence-electron chi connectivity index (χ1n) is 7.80. The van der Waals surface area contributed by atoms with E-state index in [1.54, 1.807) is 0 Å². The van der Waals surface area contributed by atoms with Crippen molar-refractivity contribution in [3.63, 3.8) is 0 Å². The number of anilines is 1. The lowest BCUT2D eigenvalue weighted by Crippen LogP contribution is -2.25. The lowest BCUT2D eigenvalue weighted by molar-refractivity contribution is 0.672. The molecule has 20 heavy (non-hydrogen) atoms. The Bertz CT molecular complexity index is 444. The first-order valence-corrected chi connectivity index (χ1v) is 7.80. The maximum atomic E-state index is 4.76. The summed E-state index contributed by atoms with van der Waals surface area (Å²) in [5.41, 5.74) is 2.30. The van der Waals surface area contributed by atoms with E-state index in [4.69, 9.17) is 4.98 Å². The van der Waals surface area contributed by atoms with E-state index < -0.39 is 0 Å². The molecule has 1 heterocycles. The van der Waals surface area contributed by atoms with Crippen LogP contribution < -0.4 is 10.2 Å². The van der Waals surface area contributed by atoms with Crippen LogP contribution in [0.5, 0.6) is 0 Å². The summed E-state index contributed by atoms with van der Waals surface area (Å²) in [6.45, 7) is 11.6. The summed E-state index contributed by atoms with van der Waals surface area (Å²) >= 11 is 0. The summed E-state index contributed by atoms with van der Waals surface area (Å²) < 4.78 is 0. The van der Waals surface area contributed by atoms with E-state index in [-0.39, 0.29) is 0 Å². The molecule has 0 saturated heterocycles. The molecule has 112 valence electrons. The topological polar surface area (TPSA) is 41.1 Å². The van der Waals surface area contributed by atoms with Crippen molar-refractivity contribution in [2.75, 3.05) is 25.0 Å². The Labute approximate surface area is 123 Å². The smallest absolute Gasteiger partial charge is 0.131 e. The highest BCUT2D eigenvalue weighted by atomic mass is 15.1. The molecule has 2 rings (SSSR count). The molecular weight excluding hydrogens is 248 g/mol. The molecule has 4 nitrogen and oxygen atoms in total. The van der Waals surface area contributed by atoms with Gasteiger partial charge in [0.15, 0.2) is 0 Å². The number of rotatable bonds is 7. The van der Waals surface area contributed by atoms with Gasteiger partial charge in [0.05, 0.1) is 17.6 Å². The first kappa shape index (κ1) is 15.2. The second kappa shape index (κ2) is 6.53. The van der Waals surface area contributed by atoms with Crippen molar-refractivity contribution in [3.05, 3.63) is 17.7 Å². The van der Waals surface area contributed by atoms with Gasteiger partial charge in [-0.05, 0) is 24.8 Å². The Morgan fingerprint density at radius 2 is 2.15 bits per heavy atom. The number of hydrogen-bond acceptors (Lipinski definition) is 4. The standard InChI is InChI=1S/C16H28N4/c1-6-17-8-14-15(9-18-16(19-14)11(2)3)20(5)10-13-7-12(13)4/h9,11-13,17H,6-8,10H2,1-5H3. The third kappa shape index (κ3) is 3.69. The van der Waals surface area contributed by atoms with E-state index in [0.717, 1.165) is 43.0 Å². The lowest BCUT2D eigenvalue weighted by Gasteiger charge is -2.22. The average molecular weight is 276 g/mol. The van der Waals surface area contributed by atoms with Gasteiger partial charge in [-0.15, -0.1) is 0 Å². The molecule has 0 radical (unpaired) electrons. The third-order valence-corrected chi connectivity index (χ3v) is 4.12. The van der Waals surface area contributed by atoms with Crippen LogP contribution >= 0.6 is 0 Å². The lowest BCUT2D eigenvalue weighted by atomic mass is 10.2. The Morgan fingerprint density at radius 3 is 2.70 bits per heavy atom. The van der Waals surface area contributed by atoms with E-state index >= 15 is 0 Å². The molecule has 0 aliphatic heterocycles. The van der Waals surface area contributed by atoms with E-state index in [2.05, 4.69) is 49.9 Å². The fourth-order valence-corrected chi connectivity index (χ4v) is 2.50. The van der Waals surface area contributed by atoms with Crippen LogP contribution in [0, 0.1) is 11.8 Å². The van der Waals surface area contributed by atoms with Gasteiger partial charge in [0, 0.05) is 26.1 Å². The van der Waals surface area contributed by atoms with Crippen LogP contribution in [0.2, 0.25) is 0 Å². The van der Waals surface area contributed by atoms with Crippen molar-refractivity contribution >= 4 is 5.69 Å². The number of aromatic nitrogens is 2. The van der Waals surface area contributed by atoms with Crippen LogP contribution in [0.3, 0.4) is 0 Å². The molecule has 1 aliphatic carbocycles. The fraction of sp³-hybridized carbons (Fsp3) is 0.750. The van der Waals surface area contributed by atoms with Gasteiger partial charge in [-0.1, -0.05) is 27.7 Å². The quantitative estimate of drug-likeness (QED) is 0.831. The predicted molar refractivity (Wildman–Crippen MR) is 84.0 cm³/mol. The van der Waals surface area contributed by atoms with Crippen molar-refractivity contribution in [1.29, 1.82) is 0 Å². The van der Waals surface area contributed by atoms with Crippen molar-refractivity contribution in [2.45, 2.75) is 46.6 Å². The molecule has 1 fully saturated rings. The molecule has 1 aromatic heterocycles. The number of hydrogen-bond donors (Lipinski definition) is 1. The van der Waals surface area contributed by atoms with Gasteiger partial charge in [-0.3, -0.25) is 0 Å². The van der Waals surface area contributed by atoms with E-state index in [0.29, 0.717) is 5.92 Å². The van der Waals surface area contributed by atoms with Gasteiger partial charge >= 0.3 is 0 Å². The zero-order chi connectivity index (χ0) is 14.7. The molecule has 0 aromatic carbocycles. The van der Waals surface area contributed by atoms with Crippen molar-refractivity contribution in [3.8, 4) is 0 Å². The summed E-state index contributed by atoms with van der Waals surface area (Å²) in [6, 6.07) is 0. The summed E-state index contributed by atoms with van der Waals surface area (Å²) in [4.78, 5) is 11.6. The Morgan fingerprint density at radius 1 is 1.45 bits per heavy atom. The molecule has 0 bridgehead atoms. The summed E-state index contributed by atoms with van der Waals surface area (Å²) in [7, 11) is 2.16. The highest BCUT2D eigenvalue weighted by Crippen LogP contribution is 2.38. The van der Waals surface area contributed by atoms with Gasteiger partial charge < -0.3 is 10.2 Å². The molecule has 0 spiro atoms. The Balaban J connectivity index is 2.16. The Kier molecular flexibility index (Phi) is 4.97. The van der Waals surface area contributed by atoms with Crippen LogP contribution in [-0.2, 0) is 6.54 Å². The molecule has 1 aromatic rings. The van der Waals surface area contributed by atoms with Crippen molar-refractivity contribution in [2.24, 2.45) is 11.8 Å². The highest BCUT2D eigenvalue weighted by molar-refractivity contribution is 5.48. The predicted octanol–water partition coefficient (Wildman–Crippen LogP) is 2.80. The highest BCUT2D eigenvalue weighted by Gasteiger charge is 2.33. The minimum absolute atomic E-state index is 0.373. The minimum atomic E-state index is 0.373. The molecule has 2 atom stereocenters. The monoisotopic (exact) mass is 276 g/mol. The molecule has 1 N–H and O–H groups in total. The maximum Gasteiger partial charge on any atom is 0.131 e. The average Bonchev–Trinajstić information content (AvgIpc) is 3.11. The van der Waals surface area contributed by atoms with Crippen LogP contribution in [0.1, 0.15) is 51.6 Å². The summed E-state index contributed by atoms with van der Waals surface area (Å²) in [6.07, 6.45) is 3.36. The second-order valence-electron chi connectivity index (χ2n) is 6.35.